The number of sulfonamides is 1. The molecule has 0 amide bonds. The molecular weight excluding hydrogens is 386 g/mol. The highest BCUT2D eigenvalue weighted by atomic mass is 35.5. The van der Waals surface area contributed by atoms with E-state index in [0.717, 1.165) is 6.21 Å². The molecule has 0 heterocycles. The van der Waals surface area contributed by atoms with Crippen LogP contribution >= 0.6 is 11.6 Å². The summed E-state index contributed by atoms with van der Waals surface area (Å²) in [7, 11) is -1.15. The number of benzene rings is 2. The van der Waals surface area contributed by atoms with Gasteiger partial charge in [-0.1, -0.05) is 17.7 Å². The molecule has 0 aliphatic heterocycles. The van der Waals surface area contributed by atoms with E-state index in [2.05, 4.69) is 5.10 Å². The van der Waals surface area contributed by atoms with Crippen molar-refractivity contribution in [3.8, 4) is 11.5 Å². The van der Waals surface area contributed by atoms with Gasteiger partial charge in [0.1, 0.15) is 5.02 Å². The lowest BCUT2D eigenvalue weighted by Crippen LogP contribution is -2.18. The Morgan fingerprint density at radius 3 is 2.46 bits per heavy atom. The first kappa shape index (κ1) is 19.5. The first-order valence-corrected chi connectivity index (χ1v) is 8.85. The Balaban J connectivity index is 2.21. The van der Waals surface area contributed by atoms with Crippen LogP contribution in [0.2, 0.25) is 5.02 Å². The SMILES string of the molecule is COc1ccc(S(=O)(=O)N/N=C/c2ccc(Cl)c([N+](=O)[O-])c2)cc1OC. The molecule has 0 bridgehead atoms. The fraction of sp³-hybridized carbons (Fsp3) is 0.133. The van der Waals surface area contributed by atoms with Crippen LogP contribution in [0, 0.1) is 10.1 Å². The van der Waals surface area contributed by atoms with Crippen LogP contribution in [0.25, 0.3) is 0 Å². The van der Waals surface area contributed by atoms with Crippen molar-refractivity contribution in [3.63, 3.8) is 0 Å². The molecule has 0 fully saturated rings. The monoisotopic (exact) mass is 399 g/mol. The molecule has 1 N–H and O–H groups in total. The van der Waals surface area contributed by atoms with Crippen LogP contribution in [-0.4, -0.2) is 33.8 Å². The molecule has 2 rings (SSSR count). The topological polar surface area (TPSA) is 120 Å². The van der Waals surface area contributed by atoms with Gasteiger partial charge in [0.25, 0.3) is 15.7 Å². The normalized spacial score (nSPS) is 11.3. The van der Waals surface area contributed by atoms with Gasteiger partial charge in [-0.2, -0.15) is 13.5 Å². The number of nitrogens with one attached hydrogen (secondary N) is 1. The van der Waals surface area contributed by atoms with Gasteiger partial charge in [0.2, 0.25) is 0 Å². The number of nitro benzene ring substituents is 1. The maximum atomic E-state index is 12.3. The van der Waals surface area contributed by atoms with Crippen molar-refractivity contribution >= 4 is 33.5 Å². The Labute approximate surface area is 154 Å². The van der Waals surface area contributed by atoms with E-state index in [1.54, 1.807) is 0 Å². The molecule has 26 heavy (non-hydrogen) atoms. The number of rotatable bonds is 7. The lowest BCUT2D eigenvalue weighted by molar-refractivity contribution is -0.384. The Kier molecular flexibility index (Phi) is 6.01. The van der Waals surface area contributed by atoms with Crippen molar-refractivity contribution in [2.45, 2.75) is 4.90 Å². The summed E-state index contributed by atoms with van der Waals surface area (Å²) >= 11 is 5.71. The predicted octanol–water partition coefficient (Wildman–Crippen LogP) is 2.58. The highest BCUT2D eigenvalue weighted by molar-refractivity contribution is 7.89. The van der Waals surface area contributed by atoms with Crippen molar-refractivity contribution in [2.24, 2.45) is 5.10 Å². The molecule has 0 radical (unpaired) electrons. The minimum atomic E-state index is -3.97. The number of hydrogen-bond acceptors (Lipinski definition) is 7. The van der Waals surface area contributed by atoms with Gasteiger partial charge in [-0.3, -0.25) is 10.1 Å². The first-order chi connectivity index (χ1) is 12.3. The minimum absolute atomic E-state index is 0.0296. The summed E-state index contributed by atoms with van der Waals surface area (Å²) in [6.45, 7) is 0. The molecule has 0 aromatic heterocycles. The van der Waals surface area contributed by atoms with Gasteiger partial charge in [-0.05, 0) is 18.2 Å². The number of ether oxygens (including phenoxy) is 2. The molecule has 138 valence electrons. The summed E-state index contributed by atoms with van der Waals surface area (Å²) in [5.41, 5.74) is -0.00511. The molecule has 0 saturated heterocycles. The Morgan fingerprint density at radius 1 is 1.15 bits per heavy atom. The van der Waals surface area contributed by atoms with Crippen LogP contribution < -0.4 is 14.3 Å². The average Bonchev–Trinajstić information content (AvgIpc) is 2.62. The highest BCUT2D eigenvalue weighted by Gasteiger charge is 2.16. The molecule has 0 saturated carbocycles. The first-order valence-electron chi connectivity index (χ1n) is 6.99. The summed E-state index contributed by atoms with van der Waals surface area (Å²) in [6, 6.07) is 8.01. The Hall–Kier alpha value is -2.85. The molecule has 0 unspecified atom stereocenters. The summed E-state index contributed by atoms with van der Waals surface area (Å²) in [5.74, 6) is 0.621. The summed E-state index contributed by atoms with van der Waals surface area (Å²) in [6.07, 6.45) is 1.13. The number of nitro groups is 1. The van der Waals surface area contributed by atoms with Crippen LogP contribution in [0.3, 0.4) is 0 Å². The van der Waals surface area contributed by atoms with Gasteiger partial charge in [-0.25, -0.2) is 4.83 Å². The maximum absolute atomic E-state index is 12.3. The number of nitrogens with zero attached hydrogens (tertiary/aromatic N) is 2. The second-order valence-corrected chi connectivity index (χ2v) is 6.91. The van der Waals surface area contributed by atoms with Gasteiger partial charge in [0.05, 0.1) is 30.3 Å². The Morgan fingerprint density at radius 2 is 1.85 bits per heavy atom. The molecule has 0 atom stereocenters. The van der Waals surface area contributed by atoms with Crippen molar-refractivity contribution in [2.75, 3.05) is 14.2 Å². The lowest BCUT2D eigenvalue weighted by Gasteiger charge is -2.09. The molecular formula is C15H14ClN3O6S. The summed E-state index contributed by atoms with van der Waals surface area (Å²) in [4.78, 5) is 12.1. The van der Waals surface area contributed by atoms with Gasteiger partial charge in [0, 0.05) is 17.7 Å². The van der Waals surface area contributed by atoms with Crippen LogP contribution in [0.5, 0.6) is 11.5 Å². The largest absolute Gasteiger partial charge is 0.493 e. The van der Waals surface area contributed by atoms with Gasteiger partial charge >= 0.3 is 0 Å². The van der Waals surface area contributed by atoms with E-state index in [-0.39, 0.29) is 21.4 Å². The van der Waals surface area contributed by atoms with E-state index < -0.39 is 14.9 Å². The summed E-state index contributed by atoms with van der Waals surface area (Å²) in [5, 5.41) is 14.4. The molecule has 2 aromatic carbocycles. The second kappa shape index (κ2) is 8.02. The third-order valence-electron chi connectivity index (χ3n) is 3.22. The van der Waals surface area contributed by atoms with E-state index in [1.807, 2.05) is 4.83 Å². The van der Waals surface area contributed by atoms with E-state index in [1.165, 1.54) is 50.6 Å². The van der Waals surface area contributed by atoms with Gasteiger partial charge in [0.15, 0.2) is 11.5 Å². The smallest absolute Gasteiger partial charge is 0.288 e. The fourth-order valence-electron chi connectivity index (χ4n) is 1.96. The number of methoxy groups -OCH3 is 2. The van der Waals surface area contributed by atoms with E-state index >= 15 is 0 Å². The average molecular weight is 400 g/mol. The van der Waals surface area contributed by atoms with Crippen molar-refractivity contribution in [3.05, 3.63) is 57.1 Å². The summed E-state index contributed by atoms with van der Waals surface area (Å²) < 4.78 is 34.6. The van der Waals surface area contributed by atoms with Crippen LogP contribution in [0.1, 0.15) is 5.56 Å². The zero-order valence-corrected chi connectivity index (χ0v) is 15.2. The van der Waals surface area contributed by atoms with Gasteiger partial charge in [-0.15, -0.1) is 0 Å². The standard InChI is InChI=1S/C15H14ClN3O6S/c1-24-14-6-4-11(8-15(14)25-2)26(22,23)18-17-9-10-3-5-12(16)13(7-10)19(20)21/h3-9,18H,1-2H3/b17-9+. The highest BCUT2D eigenvalue weighted by Crippen LogP contribution is 2.29. The molecule has 9 nitrogen and oxygen atoms in total. The quantitative estimate of drug-likeness (QED) is 0.434. The van der Waals surface area contributed by atoms with Crippen LogP contribution in [-0.2, 0) is 10.0 Å². The molecule has 0 aliphatic carbocycles. The number of hydrogen-bond donors (Lipinski definition) is 1. The number of halogens is 1. The zero-order valence-electron chi connectivity index (χ0n) is 13.7. The van der Waals surface area contributed by atoms with Crippen LogP contribution in [0.4, 0.5) is 5.69 Å². The van der Waals surface area contributed by atoms with Crippen LogP contribution in [0.15, 0.2) is 46.4 Å². The lowest BCUT2D eigenvalue weighted by atomic mass is 10.2. The molecule has 2 aromatic rings. The molecule has 0 aliphatic rings. The zero-order chi connectivity index (χ0) is 19.3. The van der Waals surface area contributed by atoms with E-state index in [4.69, 9.17) is 21.1 Å². The van der Waals surface area contributed by atoms with E-state index in [0.29, 0.717) is 11.3 Å². The van der Waals surface area contributed by atoms with Crippen molar-refractivity contribution in [1.82, 2.24) is 4.83 Å². The predicted molar refractivity (Wildman–Crippen MR) is 95.6 cm³/mol. The van der Waals surface area contributed by atoms with Gasteiger partial charge < -0.3 is 9.47 Å². The Bertz CT molecular complexity index is 962. The van der Waals surface area contributed by atoms with Crippen molar-refractivity contribution in [1.29, 1.82) is 0 Å². The maximum Gasteiger partial charge on any atom is 0.288 e. The van der Waals surface area contributed by atoms with Crippen molar-refractivity contribution < 1.29 is 22.8 Å². The number of hydrazone groups is 1. The third-order valence-corrected chi connectivity index (χ3v) is 4.76. The molecule has 0 spiro atoms. The third kappa shape index (κ3) is 4.41. The van der Waals surface area contributed by atoms with E-state index in [9.17, 15) is 18.5 Å². The minimum Gasteiger partial charge on any atom is -0.493 e. The fourth-order valence-corrected chi connectivity index (χ4v) is 2.95. The second-order valence-electron chi connectivity index (χ2n) is 4.84. The molecule has 11 heteroatoms.